The molecule has 5 heteroatoms. The molecule has 0 amide bonds. The second-order valence-corrected chi connectivity index (χ2v) is 5.55. The number of anilines is 2. The van der Waals surface area contributed by atoms with Gasteiger partial charge in [0.15, 0.2) is 0 Å². The van der Waals surface area contributed by atoms with Gasteiger partial charge in [0, 0.05) is 23.7 Å². The number of hydrogen-bond donors (Lipinski definition) is 2. The smallest absolute Gasteiger partial charge is 0.137 e. The number of fused-ring (bicyclic) bond motifs is 1. The summed E-state index contributed by atoms with van der Waals surface area (Å²) in [5.41, 5.74) is 7.52. The lowest BCUT2D eigenvalue weighted by Crippen LogP contribution is -2.33. The Hall–Kier alpha value is -1.88. The summed E-state index contributed by atoms with van der Waals surface area (Å²) in [5, 5.41) is 4.48. The van der Waals surface area contributed by atoms with E-state index in [0.29, 0.717) is 6.04 Å². The van der Waals surface area contributed by atoms with E-state index in [2.05, 4.69) is 27.1 Å². The zero-order valence-electron chi connectivity index (χ0n) is 11.8. The Kier molecular flexibility index (Phi) is 3.69. The standard InChI is InChI=1S/C15H21N5/c1-11(9-20-6-2-3-7-20)19-15-13-8-12(16)4-5-14(13)17-10-18-15/h4-5,8,10-11H,2-3,6-7,9,16H2,1H3,(H,17,18,19). The van der Waals surface area contributed by atoms with Crippen LogP contribution in [0, 0.1) is 0 Å². The maximum absolute atomic E-state index is 5.86. The zero-order valence-corrected chi connectivity index (χ0v) is 11.8. The van der Waals surface area contributed by atoms with E-state index >= 15 is 0 Å². The van der Waals surface area contributed by atoms with Crippen molar-refractivity contribution in [1.29, 1.82) is 0 Å². The van der Waals surface area contributed by atoms with Gasteiger partial charge in [-0.2, -0.15) is 0 Å². The Morgan fingerprint density at radius 1 is 1.30 bits per heavy atom. The molecule has 1 aliphatic rings. The van der Waals surface area contributed by atoms with Crippen molar-refractivity contribution in [2.75, 3.05) is 30.7 Å². The fourth-order valence-electron chi connectivity index (χ4n) is 2.82. The highest BCUT2D eigenvalue weighted by Crippen LogP contribution is 2.22. The first kappa shape index (κ1) is 13.1. The summed E-state index contributed by atoms with van der Waals surface area (Å²) in [6.07, 6.45) is 4.24. The van der Waals surface area contributed by atoms with Gasteiger partial charge in [0.05, 0.1) is 5.52 Å². The predicted molar refractivity (Wildman–Crippen MR) is 82.7 cm³/mol. The topological polar surface area (TPSA) is 67.1 Å². The Morgan fingerprint density at radius 3 is 2.90 bits per heavy atom. The van der Waals surface area contributed by atoms with Crippen molar-refractivity contribution < 1.29 is 0 Å². The molecule has 1 saturated heterocycles. The van der Waals surface area contributed by atoms with Crippen LogP contribution in [0.2, 0.25) is 0 Å². The molecule has 20 heavy (non-hydrogen) atoms. The van der Waals surface area contributed by atoms with Crippen LogP contribution in [0.3, 0.4) is 0 Å². The van der Waals surface area contributed by atoms with E-state index in [1.807, 2.05) is 18.2 Å². The first-order valence-electron chi connectivity index (χ1n) is 7.21. The number of nitrogens with two attached hydrogens (primary N) is 1. The van der Waals surface area contributed by atoms with Gasteiger partial charge in [-0.3, -0.25) is 0 Å². The summed E-state index contributed by atoms with van der Waals surface area (Å²) in [5.74, 6) is 0.869. The molecule has 1 atom stereocenters. The fraction of sp³-hybridized carbons (Fsp3) is 0.467. The second-order valence-electron chi connectivity index (χ2n) is 5.55. The van der Waals surface area contributed by atoms with Gasteiger partial charge < -0.3 is 16.0 Å². The third kappa shape index (κ3) is 2.82. The van der Waals surface area contributed by atoms with E-state index in [9.17, 15) is 0 Å². The van der Waals surface area contributed by atoms with Crippen molar-refractivity contribution in [3.8, 4) is 0 Å². The molecule has 0 saturated carbocycles. The van der Waals surface area contributed by atoms with Crippen molar-refractivity contribution >= 4 is 22.4 Å². The minimum atomic E-state index is 0.354. The van der Waals surface area contributed by atoms with Gasteiger partial charge in [-0.05, 0) is 51.1 Å². The van der Waals surface area contributed by atoms with Gasteiger partial charge in [0.25, 0.3) is 0 Å². The van der Waals surface area contributed by atoms with Crippen LogP contribution >= 0.6 is 0 Å². The summed E-state index contributed by atoms with van der Waals surface area (Å²) < 4.78 is 0. The molecule has 0 spiro atoms. The monoisotopic (exact) mass is 271 g/mol. The van der Waals surface area contributed by atoms with Gasteiger partial charge in [-0.25, -0.2) is 9.97 Å². The summed E-state index contributed by atoms with van der Waals surface area (Å²) >= 11 is 0. The normalized spacial score (nSPS) is 17.4. The van der Waals surface area contributed by atoms with E-state index < -0.39 is 0 Å². The second kappa shape index (κ2) is 5.63. The average Bonchev–Trinajstić information content (AvgIpc) is 2.92. The SMILES string of the molecule is CC(CN1CCCC1)Nc1ncnc2ccc(N)cc12. The van der Waals surface area contributed by atoms with Crippen LogP contribution in [-0.4, -0.2) is 40.5 Å². The Labute approximate surface area is 119 Å². The van der Waals surface area contributed by atoms with Crippen LogP contribution in [0.25, 0.3) is 10.9 Å². The highest BCUT2D eigenvalue weighted by atomic mass is 15.2. The van der Waals surface area contributed by atoms with Gasteiger partial charge in [-0.15, -0.1) is 0 Å². The highest BCUT2D eigenvalue weighted by molar-refractivity contribution is 5.91. The van der Waals surface area contributed by atoms with Gasteiger partial charge in [-0.1, -0.05) is 0 Å². The van der Waals surface area contributed by atoms with Crippen molar-refractivity contribution in [2.45, 2.75) is 25.8 Å². The Balaban J connectivity index is 1.77. The zero-order chi connectivity index (χ0) is 13.9. The molecule has 1 fully saturated rings. The maximum atomic E-state index is 5.86. The van der Waals surface area contributed by atoms with Crippen LogP contribution in [0.15, 0.2) is 24.5 Å². The molecule has 0 radical (unpaired) electrons. The first-order valence-corrected chi connectivity index (χ1v) is 7.21. The van der Waals surface area contributed by atoms with E-state index in [1.54, 1.807) is 6.33 Å². The molecule has 0 aliphatic carbocycles. The number of hydrogen-bond acceptors (Lipinski definition) is 5. The van der Waals surface area contributed by atoms with E-state index in [1.165, 1.54) is 25.9 Å². The number of nitrogens with one attached hydrogen (secondary N) is 1. The third-order valence-corrected chi connectivity index (χ3v) is 3.77. The van der Waals surface area contributed by atoms with Crippen molar-refractivity contribution in [3.05, 3.63) is 24.5 Å². The molecule has 1 unspecified atom stereocenters. The van der Waals surface area contributed by atoms with Crippen molar-refractivity contribution in [1.82, 2.24) is 14.9 Å². The molecule has 1 aliphatic heterocycles. The lowest BCUT2D eigenvalue weighted by molar-refractivity contribution is 0.327. The molecule has 3 N–H and O–H groups in total. The Bertz CT molecular complexity index is 592. The molecular weight excluding hydrogens is 250 g/mol. The number of rotatable bonds is 4. The Morgan fingerprint density at radius 2 is 2.10 bits per heavy atom. The van der Waals surface area contributed by atoms with Gasteiger partial charge in [0.1, 0.15) is 12.1 Å². The summed E-state index contributed by atoms with van der Waals surface area (Å²) in [7, 11) is 0. The third-order valence-electron chi connectivity index (χ3n) is 3.77. The van der Waals surface area contributed by atoms with Gasteiger partial charge in [0.2, 0.25) is 0 Å². The van der Waals surface area contributed by atoms with E-state index in [-0.39, 0.29) is 0 Å². The first-order chi connectivity index (χ1) is 9.72. The highest BCUT2D eigenvalue weighted by Gasteiger charge is 2.15. The summed E-state index contributed by atoms with van der Waals surface area (Å²) in [6.45, 7) is 5.67. The molecule has 1 aromatic carbocycles. The number of aromatic nitrogens is 2. The quantitative estimate of drug-likeness (QED) is 0.834. The minimum absolute atomic E-state index is 0.354. The molecule has 0 bridgehead atoms. The van der Waals surface area contributed by atoms with Crippen LogP contribution < -0.4 is 11.1 Å². The fourth-order valence-corrected chi connectivity index (χ4v) is 2.82. The van der Waals surface area contributed by atoms with Crippen molar-refractivity contribution in [2.24, 2.45) is 0 Å². The predicted octanol–water partition coefficient (Wildman–Crippen LogP) is 2.11. The largest absolute Gasteiger partial charge is 0.399 e. The van der Waals surface area contributed by atoms with Crippen LogP contribution in [0.4, 0.5) is 11.5 Å². The molecule has 5 nitrogen and oxygen atoms in total. The molecule has 3 rings (SSSR count). The van der Waals surface area contributed by atoms with E-state index in [4.69, 9.17) is 5.73 Å². The van der Waals surface area contributed by atoms with Crippen molar-refractivity contribution in [3.63, 3.8) is 0 Å². The molecule has 1 aromatic heterocycles. The maximum Gasteiger partial charge on any atom is 0.137 e. The summed E-state index contributed by atoms with van der Waals surface area (Å²) in [6, 6.07) is 6.09. The molecular formula is C15H21N5. The molecule has 2 aromatic rings. The number of likely N-dealkylation sites (tertiary alicyclic amines) is 1. The lowest BCUT2D eigenvalue weighted by Gasteiger charge is -2.22. The number of benzene rings is 1. The summed E-state index contributed by atoms with van der Waals surface area (Å²) in [4.78, 5) is 11.1. The van der Waals surface area contributed by atoms with Crippen LogP contribution in [0.1, 0.15) is 19.8 Å². The van der Waals surface area contributed by atoms with E-state index in [0.717, 1.165) is 29.0 Å². The number of nitrogen functional groups attached to an aromatic ring is 1. The van der Waals surface area contributed by atoms with Crippen LogP contribution in [-0.2, 0) is 0 Å². The molecule has 106 valence electrons. The lowest BCUT2D eigenvalue weighted by atomic mass is 10.2. The minimum Gasteiger partial charge on any atom is -0.399 e. The van der Waals surface area contributed by atoms with Crippen LogP contribution in [0.5, 0.6) is 0 Å². The molecule has 2 heterocycles. The average molecular weight is 271 g/mol. The van der Waals surface area contributed by atoms with Gasteiger partial charge >= 0.3 is 0 Å². The number of nitrogens with zero attached hydrogens (tertiary/aromatic N) is 3.